The maximum atomic E-state index is 12.5. The average molecular weight is 471 g/mol. The van der Waals surface area contributed by atoms with Crippen molar-refractivity contribution in [1.29, 1.82) is 0 Å². The van der Waals surface area contributed by atoms with Gasteiger partial charge in [-0.3, -0.25) is 10.1 Å². The van der Waals surface area contributed by atoms with E-state index in [1.54, 1.807) is 28.9 Å². The van der Waals surface area contributed by atoms with E-state index >= 15 is 0 Å². The molecule has 2 heterocycles. The van der Waals surface area contributed by atoms with Gasteiger partial charge in [0.15, 0.2) is 5.76 Å². The monoisotopic (exact) mass is 470 g/mol. The van der Waals surface area contributed by atoms with E-state index in [4.69, 9.17) is 32.4 Å². The SMILES string of the molecule is Cc1ccc(OCc2ccc(C(=O)Nc3ncn(Cc4ccc(Cl)cc4Cl)n3)o2)cc1C. The second kappa shape index (κ2) is 9.46. The van der Waals surface area contributed by atoms with Crippen LogP contribution in [0.2, 0.25) is 10.0 Å². The maximum absolute atomic E-state index is 12.5. The Balaban J connectivity index is 1.34. The first kappa shape index (κ1) is 21.9. The number of furan rings is 1. The molecule has 0 unspecified atom stereocenters. The molecule has 0 aliphatic heterocycles. The third kappa shape index (κ3) is 5.30. The minimum absolute atomic E-state index is 0.140. The van der Waals surface area contributed by atoms with Crippen molar-refractivity contribution in [3.8, 4) is 5.75 Å². The number of carbonyl (C=O) groups is 1. The number of hydrogen-bond acceptors (Lipinski definition) is 5. The largest absolute Gasteiger partial charge is 0.486 e. The highest BCUT2D eigenvalue weighted by Crippen LogP contribution is 2.22. The van der Waals surface area contributed by atoms with Gasteiger partial charge in [0.2, 0.25) is 5.95 Å². The summed E-state index contributed by atoms with van der Waals surface area (Å²) < 4.78 is 12.9. The Morgan fingerprint density at radius 1 is 1.09 bits per heavy atom. The van der Waals surface area contributed by atoms with Crippen molar-refractivity contribution in [1.82, 2.24) is 14.8 Å². The number of carbonyl (C=O) groups excluding carboxylic acids is 1. The molecule has 1 N–H and O–H groups in total. The first-order valence-electron chi connectivity index (χ1n) is 9.81. The topological polar surface area (TPSA) is 82.2 Å². The van der Waals surface area contributed by atoms with Gasteiger partial charge in [-0.05, 0) is 66.9 Å². The number of rotatable bonds is 7. The number of nitrogens with zero attached hydrogens (tertiary/aromatic N) is 3. The van der Waals surface area contributed by atoms with Gasteiger partial charge in [0.1, 0.15) is 24.4 Å². The normalized spacial score (nSPS) is 10.9. The Morgan fingerprint density at radius 2 is 1.94 bits per heavy atom. The van der Waals surface area contributed by atoms with Gasteiger partial charge in [-0.1, -0.05) is 35.3 Å². The second-order valence-electron chi connectivity index (χ2n) is 7.26. The van der Waals surface area contributed by atoms with E-state index in [2.05, 4.69) is 15.4 Å². The Morgan fingerprint density at radius 3 is 2.72 bits per heavy atom. The van der Waals surface area contributed by atoms with Crippen molar-refractivity contribution in [2.45, 2.75) is 27.0 Å². The zero-order valence-electron chi connectivity index (χ0n) is 17.4. The van der Waals surface area contributed by atoms with Gasteiger partial charge in [-0.2, -0.15) is 0 Å². The number of halogens is 2. The molecular formula is C23H20Cl2N4O3. The van der Waals surface area contributed by atoms with E-state index in [1.165, 1.54) is 11.9 Å². The lowest BCUT2D eigenvalue weighted by molar-refractivity contribution is 0.0991. The second-order valence-corrected chi connectivity index (χ2v) is 8.10. The van der Waals surface area contributed by atoms with Gasteiger partial charge in [0.05, 0.1) is 6.54 Å². The Kier molecular flexibility index (Phi) is 6.48. The lowest BCUT2D eigenvalue weighted by atomic mass is 10.1. The molecule has 2 aromatic carbocycles. The van der Waals surface area contributed by atoms with Crippen LogP contribution >= 0.6 is 23.2 Å². The molecule has 0 fully saturated rings. The molecule has 1 amide bonds. The lowest BCUT2D eigenvalue weighted by Gasteiger charge is -2.06. The maximum Gasteiger partial charge on any atom is 0.293 e. The molecule has 0 bridgehead atoms. The Bertz CT molecular complexity index is 1270. The number of nitrogens with one attached hydrogen (secondary N) is 1. The molecule has 9 heteroatoms. The van der Waals surface area contributed by atoms with Crippen LogP contribution < -0.4 is 10.1 Å². The van der Waals surface area contributed by atoms with Gasteiger partial charge in [-0.25, -0.2) is 9.67 Å². The standard InChI is InChI=1S/C23H20Cl2N4O3/c1-14-3-6-18(9-15(14)2)31-12-19-7-8-21(32-19)22(30)27-23-26-13-29(28-23)11-16-4-5-17(24)10-20(16)25/h3-10,13H,11-12H2,1-2H3,(H,27,28,30). The predicted octanol–water partition coefficient (Wildman–Crippen LogP) is 5.67. The fourth-order valence-corrected chi connectivity index (χ4v) is 3.42. The third-order valence-electron chi connectivity index (χ3n) is 4.85. The van der Waals surface area contributed by atoms with Crippen LogP contribution in [0, 0.1) is 13.8 Å². The Hall–Kier alpha value is -3.29. The number of aromatic nitrogens is 3. The zero-order chi connectivity index (χ0) is 22.7. The molecule has 0 aliphatic carbocycles. The fourth-order valence-electron chi connectivity index (χ4n) is 2.95. The molecule has 2 aromatic heterocycles. The molecule has 0 saturated heterocycles. The third-order valence-corrected chi connectivity index (χ3v) is 5.44. The summed E-state index contributed by atoms with van der Waals surface area (Å²) in [5.74, 6) is 1.12. The highest BCUT2D eigenvalue weighted by atomic mass is 35.5. The molecule has 0 atom stereocenters. The van der Waals surface area contributed by atoms with Crippen LogP contribution in [0.1, 0.15) is 33.0 Å². The molecule has 4 rings (SSSR count). The van der Waals surface area contributed by atoms with Crippen molar-refractivity contribution < 1.29 is 13.9 Å². The smallest absolute Gasteiger partial charge is 0.293 e. The molecule has 0 aliphatic rings. The van der Waals surface area contributed by atoms with Crippen molar-refractivity contribution in [3.05, 3.63) is 93.1 Å². The first-order chi connectivity index (χ1) is 15.4. The van der Waals surface area contributed by atoms with Crippen LogP contribution in [0.3, 0.4) is 0 Å². The quantitative estimate of drug-likeness (QED) is 0.375. The van der Waals surface area contributed by atoms with E-state index in [-0.39, 0.29) is 18.3 Å². The van der Waals surface area contributed by atoms with E-state index in [0.717, 1.165) is 16.9 Å². The molecular weight excluding hydrogens is 451 g/mol. The summed E-state index contributed by atoms with van der Waals surface area (Å²) >= 11 is 12.1. The zero-order valence-corrected chi connectivity index (χ0v) is 18.9. The first-order valence-corrected chi connectivity index (χ1v) is 10.6. The van der Waals surface area contributed by atoms with Crippen LogP contribution in [-0.4, -0.2) is 20.7 Å². The number of ether oxygens (including phenoxy) is 1. The van der Waals surface area contributed by atoms with E-state index in [0.29, 0.717) is 22.4 Å². The van der Waals surface area contributed by atoms with Gasteiger partial charge >= 0.3 is 0 Å². The molecule has 0 spiro atoms. The van der Waals surface area contributed by atoms with Crippen molar-refractivity contribution in [2.24, 2.45) is 0 Å². The average Bonchev–Trinajstić information content (AvgIpc) is 3.40. The number of aryl methyl sites for hydroxylation is 2. The predicted molar refractivity (Wildman–Crippen MR) is 122 cm³/mol. The summed E-state index contributed by atoms with van der Waals surface area (Å²) in [6, 6.07) is 14.4. The van der Waals surface area contributed by atoms with Gasteiger partial charge in [0, 0.05) is 10.0 Å². The summed E-state index contributed by atoms with van der Waals surface area (Å²) in [5.41, 5.74) is 3.17. The highest BCUT2D eigenvalue weighted by molar-refractivity contribution is 6.35. The molecule has 4 aromatic rings. The molecule has 164 valence electrons. The number of anilines is 1. The van der Waals surface area contributed by atoms with Crippen LogP contribution in [0.15, 0.2) is 59.3 Å². The number of benzene rings is 2. The van der Waals surface area contributed by atoms with Gasteiger partial charge < -0.3 is 9.15 Å². The van der Waals surface area contributed by atoms with Crippen molar-refractivity contribution >= 4 is 35.1 Å². The summed E-state index contributed by atoms with van der Waals surface area (Å²) in [4.78, 5) is 16.6. The molecule has 7 nitrogen and oxygen atoms in total. The van der Waals surface area contributed by atoms with Gasteiger partial charge in [0.25, 0.3) is 5.91 Å². The van der Waals surface area contributed by atoms with Crippen molar-refractivity contribution in [3.63, 3.8) is 0 Å². The summed E-state index contributed by atoms with van der Waals surface area (Å²) in [6.07, 6.45) is 1.51. The Labute approximate surface area is 194 Å². The van der Waals surface area contributed by atoms with E-state index in [9.17, 15) is 4.79 Å². The molecule has 0 saturated carbocycles. The highest BCUT2D eigenvalue weighted by Gasteiger charge is 2.14. The fraction of sp³-hybridized carbons (Fsp3) is 0.174. The van der Waals surface area contributed by atoms with Crippen molar-refractivity contribution in [2.75, 3.05) is 5.32 Å². The van der Waals surface area contributed by atoms with E-state index in [1.807, 2.05) is 38.1 Å². The summed E-state index contributed by atoms with van der Waals surface area (Å²) in [5, 5.41) is 7.96. The lowest BCUT2D eigenvalue weighted by Crippen LogP contribution is -2.12. The minimum atomic E-state index is -0.454. The summed E-state index contributed by atoms with van der Waals surface area (Å²) in [7, 11) is 0. The van der Waals surface area contributed by atoms with Crippen LogP contribution in [0.25, 0.3) is 0 Å². The minimum Gasteiger partial charge on any atom is -0.486 e. The van der Waals surface area contributed by atoms with Crippen LogP contribution in [0.4, 0.5) is 5.95 Å². The number of hydrogen-bond donors (Lipinski definition) is 1. The molecule has 32 heavy (non-hydrogen) atoms. The van der Waals surface area contributed by atoms with E-state index < -0.39 is 5.91 Å². The molecule has 0 radical (unpaired) electrons. The van der Waals surface area contributed by atoms with Crippen LogP contribution in [0.5, 0.6) is 5.75 Å². The summed E-state index contributed by atoms with van der Waals surface area (Å²) in [6.45, 7) is 4.67. The van der Waals surface area contributed by atoms with Crippen LogP contribution in [-0.2, 0) is 13.2 Å². The van der Waals surface area contributed by atoms with Gasteiger partial charge in [-0.15, -0.1) is 5.10 Å². The number of amides is 1.